The molecule has 0 fully saturated rings. The number of rotatable bonds is 6. The van der Waals surface area contributed by atoms with Gasteiger partial charge in [0.2, 0.25) is 0 Å². The number of halogens is 1. The number of carbonyl (C=O) groups is 2. The second-order valence-electron chi connectivity index (χ2n) is 6.51. The van der Waals surface area contributed by atoms with E-state index in [2.05, 4.69) is 5.32 Å². The van der Waals surface area contributed by atoms with Crippen LogP contribution in [0.5, 0.6) is 5.75 Å². The van der Waals surface area contributed by atoms with Crippen LogP contribution in [0.25, 0.3) is 0 Å². The van der Waals surface area contributed by atoms with Crippen molar-refractivity contribution < 1.29 is 18.7 Å². The first-order chi connectivity index (χ1) is 14.4. The predicted molar refractivity (Wildman–Crippen MR) is 112 cm³/mol. The number of carbonyl (C=O) groups excluding carboxylic acids is 2. The number of amides is 2. The lowest BCUT2D eigenvalue weighted by molar-refractivity contribution is 0.0827. The molecule has 0 aliphatic heterocycles. The molecule has 3 rings (SSSR count). The van der Waals surface area contributed by atoms with E-state index in [9.17, 15) is 9.59 Å². The van der Waals surface area contributed by atoms with Crippen LogP contribution in [0, 0.1) is 11.3 Å². The van der Waals surface area contributed by atoms with Gasteiger partial charge in [-0.3, -0.25) is 9.59 Å². The van der Waals surface area contributed by atoms with Gasteiger partial charge in [-0.1, -0.05) is 23.7 Å². The molecule has 2 aromatic carbocycles. The van der Waals surface area contributed by atoms with Crippen molar-refractivity contribution in [2.75, 3.05) is 19.4 Å². The zero-order valence-corrected chi connectivity index (χ0v) is 17.1. The Morgan fingerprint density at radius 1 is 1.17 bits per heavy atom. The van der Waals surface area contributed by atoms with Gasteiger partial charge in [-0.25, -0.2) is 0 Å². The van der Waals surface area contributed by atoms with Crippen molar-refractivity contribution in [3.8, 4) is 11.8 Å². The number of nitrogens with one attached hydrogen (secondary N) is 1. The maximum Gasteiger partial charge on any atom is 0.291 e. The smallest absolute Gasteiger partial charge is 0.291 e. The molecule has 0 atom stereocenters. The van der Waals surface area contributed by atoms with Crippen molar-refractivity contribution >= 4 is 29.1 Å². The third-order valence-electron chi connectivity index (χ3n) is 4.13. The molecular formula is C22H18ClN3O4. The van der Waals surface area contributed by atoms with Gasteiger partial charge in [-0.2, -0.15) is 5.26 Å². The fraction of sp³-hybridized carbons (Fsp3) is 0.136. The Balaban J connectivity index is 1.65. The maximum absolute atomic E-state index is 12.4. The third kappa shape index (κ3) is 4.80. The molecule has 1 aromatic heterocycles. The van der Waals surface area contributed by atoms with Crippen molar-refractivity contribution in [2.45, 2.75) is 6.61 Å². The van der Waals surface area contributed by atoms with E-state index in [0.29, 0.717) is 28.3 Å². The second-order valence-corrected chi connectivity index (χ2v) is 6.92. The molecule has 0 saturated carbocycles. The van der Waals surface area contributed by atoms with Crippen LogP contribution < -0.4 is 10.1 Å². The molecule has 2 amide bonds. The Kier molecular flexibility index (Phi) is 6.40. The van der Waals surface area contributed by atoms with Crippen molar-refractivity contribution in [1.29, 1.82) is 5.26 Å². The first kappa shape index (κ1) is 21.0. The highest BCUT2D eigenvalue weighted by molar-refractivity contribution is 6.34. The van der Waals surface area contributed by atoms with Crippen molar-refractivity contribution in [1.82, 2.24) is 4.90 Å². The van der Waals surface area contributed by atoms with Crippen LogP contribution >= 0.6 is 11.6 Å². The summed E-state index contributed by atoms with van der Waals surface area (Å²) in [6, 6.07) is 16.7. The minimum Gasteiger partial charge on any atom is -0.484 e. The Labute approximate surface area is 178 Å². The van der Waals surface area contributed by atoms with Crippen molar-refractivity contribution in [3.05, 3.63) is 82.3 Å². The zero-order valence-electron chi connectivity index (χ0n) is 16.3. The van der Waals surface area contributed by atoms with Gasteiger partial charge in [0, 0.05) is 19.8 Å². The van der Waals surface area contributed by atoms with Gasteiger partial charge in [0.15, 0.2) is 5.76 Å². The quantitative estimate of drug-likeness (QED) is 0.636. The van der Waals surface area contributed by atoms with E-state index in [4.69, 9.17) is 26.0 Å². The van der Waals surface area contributed by atoms with E-state index in [1.54, 1.807) is 56.6 Å². The average molecular weight is 424 g/mol. The number of anilines is 1. The van der Waals surface area contributed by atoms with Crippen LogP contribution in [-0.2, 0) is 6.61 Å². The molecule has 152 valence electrons. The van der Waals surface area contributed by atoms with Crippen LogP contribution in [-0.4, -0.2) is 30.8 Å². The van der Waals surface area contributed by atoms with Gasteiger partial charge in [0.25, 0.3) is 11.8 Å². The van der Waals surface area contributed by atoms with Gasteiger partial charge >= 0.3 is 0 Å². The van der Waals surface area contributed by atoms with Crippen LogP contribution in [0.2, 0.25) is 5.02 Å². The molecule has 7 nitrogen and oxygen atoms in total. The van der Waals surface area contributed by atoms with E-state index in [-0.39, 0.29) is 23.3 Å². The highest BCUT2D eigenvalue weighted by atomic mass is 35.5. The molecule has 1 N–H and O–H groups in total. The van der Waals surface area contributed by atoms with Gasteiger partial charge in [-0.05, 0) is 42.5 Å². The minimum absolute atomic E-state index is 0.0686. The summed E-state index contributed by atoms with van der Waals surface area (Å²) >= 11 is 6.16. The molecule has 8 heteroatoms. The number of furan rings is 1. The Morgan fingerprint density at radius 3 is 2.63 bits per heavy atom. The Bertz CT molecular complexity index is 1130. The molecule has 0 bridgehead atoms. The number of para-hydroxylation sites is 1. The third-order valence-corrected chi connectivity index (χ3v) is 4.44. The minimum atomic E-state index is -0.471. The highest BCUT2D eigenvalue weighted by Gasteiger charge is 2.16. The molecule has 3 aromatic rings. The summed E-state index contributed by atoms with van der Waals surface area (Å²) in [6.07, 6.45) is 0. The zero-order chi connectivity index (χ0) is 21.7. The number of hydrogen-bond acceptors (Lipinski definition) is 5. The normalized spacial score (nSPS) is 10.2. The summed E-state index contributed by atoms with van der Waals surface area (Å²) in [5.74, 6) is 0.252. The lowest BCUT2D eigenvalue weighted by atomic mass is 10.2. The van der Waals surface area contributed by atoms with Gasteiger partial charge in [-0.15, -0.1) is 0 Å². The first-order valence-electron chi connectivity index (χ1n) is 8.92. The van der Waals surface area contributed by atoms with Crippen LogP contribution in [0.4, 0.5) is 5.69 Å². The van der Waals surface area contributed by atoms with E-state index in [1.807, 2.05) is 6.07 Å². The van der Waals surface area contributed by atoms with E-state index < -0.39 is 5.91 Å². The van der Waals surface area contributed by atoms with Gasteiger partial charge in [0.1, 0.15) is 24.2 Å². The predicted octanol–water partition coefficient (Wildman–Crippen LogP) is 4.34. The van der Waals surface area contributed by atoms with Crippen LogP contribution in [0.1, 0.15) is 32.2 Å². The molecule has 0 spiro atoms. The van der Waals surface area contributed by atoms with E-state index in [1.165, 1.54) is 17.0 Å². The van der Waals surface area contributed by atoms with Gasteiger partial charge in [0.05, 0.1) is 16.1 Å². The summed E-state index contributed by atoms with van der Waals surface area (Å²) < 4.78 is 11.1. The topological polar surface area (TPSA) is 95.6 Å². The van der Waals surface area contributed by atoms with E-state index >= 15 is 0 Å². The van der Waals surface area contributed by atoms with Crippen molar-refractivity contribution in [3.63, 3.8) is 0 Å². The number of nitriles is 1. The number of ether oxygens (including phenoxy) is 1. The standard InChI is InChI=1S/C22H18ClN3O4/c1-26(2)22(28)17-9-7-15(11-18(17)23)25-21(27)20-10-8-16(30-20)13-29-19-6-4-3-5-14(19)12-24/h3-11H,13H2,1-2H3,(H,25,27). The van der Waals surface area contributed by atoms with Crippen LogP contribution in [0.15, 0.2) is 59.0 Å². The summed E-state index contributed by atoms with van der Waals surface area (Å²) in [5.41, 5.74) is 1.18. The summed E-state index contributed by atoms with van der Waals surface area (Å²) in [7, 11) is 3.26. The van der Waals surface area contributed by atoms with Gasteiger partial charge < -0.3 is 19.4 Å². The lowest BCUT2D eigenvalue weighted by Crippen LogP contribution is -2.22. The highest BCUT2D eigenvalue weighted by Crippen LogP contribution is 2.23. The monoisotopic (exact) mass is 423 g/mol. The second kappa shape index (κ2) is 9.16. The number of hydrogen-bond donors (Lipinski definition) is 1. The fourth-order valence-electron chi connectivity index (χ4n) is 2.61. The molecule has 0 saturated heterocycles. The largest absolute Gasteiger partial charge is 0.484 e. The number of benzene rings is 2. The van der Waals surface area contributed by atoms with Crippen LogP contribution in [0.3, 0.4) is 0 Å². The molecular weight excluding hydrogens is 406 g/mol. The molecule has 0 aliphatic carbocycles. The SMILES string of the molecule is CN(C)C(=O)c1ccc(NC(=O)c2ccc(COc3ccccc3C#N)o2)cc1Cl. The van der Waals surface area contributed by atoms with Crippen molar-refractivity contribution in [2.24, 2.45) is 0 Å². The number of nitrogens with zero attached hydrogens (tertiary/aromatic N) is 2. The molecule has 30 heavy (non-hydrogen) atoms. The summed E-state index contributed by atoms with van der Waals surface area (Å²) in [6.45, 7) is 0.0686. The Morgan fingerprint density at radius 2 is 1.93 bits per heavy atom. The molecule has 0 radical (unpaired) electrons. The molecule has 0 unspecified atom stereocenters. The van der Waals surface area contributed by atoms with E-state index in [0.717, 1.165) is 0 Å². The summed E-state index contributed by atoms with van der Waals surface area (Å²) in [4.78, 5) is 25.9. The summed E-state index contributed by atoms with van der Waals surface area (Å²) in [5, 5.41) is 12.0. The molecule has 1 heterocycles. The molecule has 0 aliphatic rings. The maximum atomic E-state index is 12.4. The fourth-order valence-corrected chi connectivity index (χ4v) is 2.87. The average Bonchev–Trinajstić information content (AvgIpc) is 3.21. The first-order valence-corrected chi connectivity index (χ1v) is 9.30. The lowest BCUT2D eigenvalue weighted by Gasteiger charge is -2.12. The Hall–Kier alpha value is -3.76.